The molecule has 0 aliphatic heterocycles. The van der Waals surface area contributed by atoms with Crippen molar-refractivity contribution < 1.29 is 17.9 Å². The zero-order chi connectivity index (χ0) is 14.5. The second-order valence-corrected chi connectivity index (χ2v) is 5.44. The van der Waals surface area contributed by atoms with E-state index in [0.29, 0.717) is 35.8 Å². The molecule has 6 heteroatoms. The Morgan fingerprint density at radius 1 is 1.32 bits per heavy atom. The summed E-state index contributed by atoms with van der Waals surface area (Å²) >= 11 is 3.22. The number of anilines is 1. The molecule has 0 radical (unpaired) electrons. The van der Waals surface area contributed by atoms with Crippen LogP contribution in [0.4, 0.5) is 18.9 Å². The van der Waals surface area contributed by atoms with Crippen LogP contribution < -0.4 is 5.32 Å². The minimum absolute atomic E-state index is 0.419. The van der Waals surface area contributed by atoms with Crippen LogP contribution in [-0.2, 0) is 10.9 Å². The van der Waals surface area contributed by atoms with Crippen molar-refractivity contribution in [1.82, 2.24) is 0 Å². The molecular formula is C13H17BrF3NO. The van der Waals surface area contributed by atoms with Gasteiger partial charge in [-0.2, -0.15) is 13.2 Å². The summed E-state index contributed by atoms with van der Waals surface area (Å²) < 4.78 is 43.6. The number of hydrogen-bond donors (Lipinski definition) is 1. The highest BCUT2D eigenvalue weighted by Crippen LogP contribution is 2.33. The third-order valence-corrected chi connectivity index (χ3v) is 3.00. The molecule has 19 heavy (non-hydrogen) atoms. The smallest absolute Gasteiger partial charge is 0.382 e. The van der Waals surface area contributed by atoms with Crippen molar-refractivity contribution in [2.75, 3.05) is 25.1 Å². The molecule has 0 unspecified atom stereocenters. The minimum atomic E-state index is -4.33. The van der Waals surface area contributed by atoms with Gasteiger partial charge in [0, 0.05) is 23.3 Å². The van der Waals surface area contributed by atoms with Gasteiger partial charge in [0.1, 0.15) is 0 Å². The maximum absolute atomic E-state index is 12.6. The summed E-state index contributed by atoms with van der Waals surface area (Å²) in [6.45, 7) is 5.65. The van der Waals surface area contributed by atoms with Gasteiger partial charge in [-0.1, -0.05) is 13.8 Å². The number of nitrogens with one attached hydrogen (secondary N) is 1. The Bertz CT molecular complexity index is 407. The van der Waals surface area contributed by atoms with Crippen LogP contribution in [0.2, 0.25) is 0 Å². The molecule has 0 atom stereocenters. The third kappa shape index (κ3) is 5.82. The first kappa shape index (κ1) is 16.3. The van der Waals surface area contributed by atoms with E-state index in [2.05, 4.69) is 21.2 Å². The number of rotatable bonds is 6. The zero-order valence-electron chi connectivity index (χ0n) is 10.9. The predicted octanol–water partition coefficient (Wildman–Crippen LogP) is 4.55. The maximum Gasteiger partial charge on any atom is 0.416 e. The highest BCUT2D eigenvalue weighted by Gasteiger charge is 2.30. The van der Waals surface area contributed by atoms with Gasteiger partial charge in [-0.25, -0.2) is 0 Å². The summed E-state index contributed by atoms with van der Waals surface area (Å²) in [5.41, 5.74) is -0.246. The molecule has 0 spiro atoms. The normalized spacial score (nSPS) is 11.9. The molecule has 2 nitrogen and oxygen atoms in total. The highest BCUT2D eigenvalue weighted by atomic mass is 79.9. The van der Waals surface area contributed by atoms with Gasteiger partial charge in [-0.3, -0.25) is 0 Å². The first-order chi connectivity index (χ1) is 8.80. The SMILES string of the molecule is CC(C)COCCNc1cc(C(F)(F)F)ccc1Br. The molecule has 1 rings (SSSR count). The molecule has 1 aromatic rings. The lowest BCUT2D eigenvalue weighted by Crippen LogP contribution is -2.13. The van der Waals surface area contributed by atoms with Crippen LogP contribution in [0.5, 0.6) is 0 Å². The van der Waals surface area contributed by atoms with Crippen LogP contribution in [0, 0.1) is 5.92 Å². The van der Waals surface area contributed by atoms with Crippen molar-refractivity contribution in [3.05, 3.63) is 28.2 Å². The second-order valence-electron chi connectivity index (χ2n) is 4.59. The summed E-state index contributed by atoms with van der Waals surface area (Å²) in [5.74, 6) is 0.445. The molecule has 1 aromatic carbocycles. The quantitative estimate of drug-likeness (QED) is 0.767. The van der Waals surface area contributed by atoms with Gasteiger partial charge in [-0.15, -0.1) is 0 Å². The molecule has 0 saturated carbocycles. The Balaban J connectivity index is 2.53. The van der Waals surface area contributed by atoms with Crippen molar-refractivity contribution in [2.24, 2.45) is 5.92 Å². The van der Waals surface area contributed by atoms with E-state index in [1.807, 2.05) is 13.8 Å². The summed E-state index contributed by atoms with van der Waals surface area (Å²) in [5, 5.41) is 2.93. The van der Waals surface area contributed by atoms with E-state index < -0.39 is 11.7 Å². The largest absolute Gasteiger partial charge is 0.416 e. The summed E-state index contributed by atoms with van der Waals surface area (Å²) in [6, 6.07) is 3.52. The van der Waals surface area contributed by atoms with Gasteiger partial charge in [0.05, 0.1) is 12.2 Å². The molecule has 0 aliphatic rings. The fraction of sp³-hybridized carbons (Fsp3) is 0.538. The van der Waals surface area contributed by atoms with Crippen molar-refractivity contribution >= 4 is 21.6 Å². The van der Waals surface area contributed by atoms with E-state index in [9.17, 15) is 13.2 Å². The number of hydrogen-bond acceptors (Lipinski definition) is 2. The number of halogens is 4. The first-order valence-corrected chi connectivity index (χ1v) is 6.78. The molecule has 0 amide bonds. The Kier molecular flexibility index (Phi) is 6.13. The monoisotopic (exact) mass is 339 g/mol. The van der Waals surface area contributed by atoms with Crippen LogP contribution in [-0.4, -0.2) is 19.8 Å². The van der Waals surface area contributed by atoms with Gasteiger partial charge in [0.2, 0.25) is 0 Å². The molecule has 0 fully saturated rings. The molecule has 0 bridgehead atoms. The average molecular weight is 340 g/mol. The van der Waals surface area contributed by atoms with Crippen LogP contribution >= 0.6 is 15.9 Å². The fourth-order valence-corrected chi connectivity index (χ4v) is 1.80. The topological polar surface area (TPSA) is 21.3 Å². The third-order valence-electron chi connectivity index (χ3n) is 2.31. The lowest BCUT2D eigenvalue weighted by Gasteiger charge is -2.13. The van der Waals surface area contributed by atoms with Crippen molar-refractivity contribution in [3.8, 4) is 0 Å². The van der Waals surface area contributed by atoms with Crippen molar-refractivity contribution in [2.45, 2.75) is 20.0 Å². The number of ether oxygens (including phenoxy) is 1. The van der Waals surface area contributed by atoms with Gasteiger partial charge in [-0.05, 0) is 40.0 Å². The van der Waals surface area contributed by atoms with Gasteiger partial charge in [0.25, 0.3) is 0 Å². The first-order valence-electron chi connectivity index (χ1n) is 5.99. The molecule has 0 saturated heterocycles. The summed E-state index contributed by atoms with van der Waals surface area (Å²) in [7, 11) is 0. The summed E-state index contributed by atoms with van der Waals surface area (Å²) in [6.07, 6.45) is -4.33. The Morgan fingerprint density at radius 3 is 2.58 bits per heavy atom. The van der Waals surface area contributed by atoms with Crippen LogP contribution in [0.1, 0.15) is 19.4 Å². The van der Waals surface area contributed by atoms with Crippen LogP contribution in [0.15, 0.2) is 22.7 Å². The maximum atomic E-state index is 12.6. The van der Waals surface area contributed by atoms with E-state index in [1.165, 1.54) is 6.07 Å². The average Bonchev–Trinajstić information content (AvgIpc) is 2.29. The number of benzene rings is 1. The van der Waals surface area contributed by atoms with E-state index in [-0.39, 0.29) is 0 Å². The van der Waals surface area contributed by atoms with E-state index in [4.69, 9.17) is 4.74 Å². The fourth-order valence-electron chi connectivity index (χ4n) is 1.41. The highest BCUT2D eigenvalue weighted by molar-refractivity contribution is 9.10. The van der Waals surface area contributed by atoms with Crippen molar-refractivity contribution in [3.63, 3.8) is 0 Å². The molecule has 0 aromatic heterocycles. The summed E-state index contributed by atoms with van der Waals surface area (Å²) in [4.78, 5) is 0. The molecular weight excluding hydrogens is 323 g/mol. The van der Waals surface area contributed by atoms with Gasteiger partial charge in [0.15, 0.2) is 0 Å². The van der Waals surface area contributed by atoms with Crippen LogP contribution in [0.3, 0.4) is 0 Å². The predicted molar refractivity (Wildman–Crippen MR) is 73.3 cm³/mol. The van der Waals surface area contributed by atoms with Gasteiger partial charge < -0.3 is 10.1 Å². The number of alkyl halides is 3. The molecule has 1 N–H and O–H groups in total. The minimum Gasteiger partial charge on any atom is -0.382 e. The Morgan fingerprint density at radius 2 is 2.00 bits per heavy atom. The zero-order valence-corrected chi connectivity index (χ0v) is 12.4. The molecule has 0 heterocycles. The lowest BCUT2D eigenvalue weighted by atomic mass is 10.2. The Labute approximate surface area is 119 Å². The van der Waals surface area contributed by atoms with E-state index in [1.54, 1.807) is 0 Å². The standard InChI is InChI=1S/C13H17BrF3NO/c1-9(2)8-19-6-5-18-12-7-10(13(15,16)17)3-4-11(12)14/h3-4,7,9,18H,5-6,8H2,1-2H3. The second kappa shape index (κ2) is 7.14. The molecule has 0 aliphatic carbocycles. The van der Waals surface area contributed by atoms with E-state index >= 15 is 0 Å². The van der Waals surface area contributed by atoms with Crippen LogP contribution in [0.25, 0.3) is 0 Å². The van der Waals surface area contributed by atoms with E-state index in [0.717, 1.165) is 12.1 Å². The molecule has 108 valence electrons. The van der Waals surface area contributed by atoms with Gasteiger partial charge >= 0.3 is 6.18 Å². The lowest BCUT2D eigenvalue weighted by molar-refractivity contribution is -0.137. The Hall–Kier alpha value is -0.750. The van der Waals surface area contributed by atoms with Crippen molar-refractivity contribution in [1.29, 1.82) is 0 Å².